The summed E-state index contributed by atoms with van der Waals surface area (Å²) in [6, 6.07) is 6.54. The number of esters is 1. The molecule has 0 spiro atoms. The molecule has 2 aromatic heterocycles. The molecule has 0 unspecified atom stereocenters. The quantitative estimate of drug-likeness (QED) is 0.729. The summed E-state index contributed by atoms with van der Waals surface area (Å²) >= 11 is 1.18. The number of nitrogens with zero attached hydrogens (tertiary/aromatic N) is 4. The normalized spacial score (nSPS) is 13.9. The standard InChI is InChI=1S/C15H13N5O3S/c1-23-14(22)9-3-2-4-10(7-9)16-12(21)13-19-20-11(8-5-6-8)17-18-15(20)24-13/h2-4,7-8H,5-6H2,1H3,(H,16,21). The van der Waals surface area contributed by atoms with Crippen LogP contribution >= 0.6 is 11.3 Å². The van der Waals surface area contributed by atoms with Crippen LogP contribution in [0.2, 0.25) is 0 Å². The van der Waals surface area contributed by atoms with Gasteiger partial charge in [0.2, 0.25) is 9.97 Å². The van der Waals surface area contributed by atoms with Gasteiger partial charge in [0, 0.05) is 11.6 Å². The van der Waals surface area contributed by atoms with E-state index in [0.29, 0.717) is 27.1 Å². The van der Waals surface area contributed by atoms with Gasteiger partial charge < -0.3 is 10.1 Å². The van der Waals surface area contributed by atoms with Crippen molar-refractivity contribution < 1.29 is 14.3 Å². The summed E-state index contributed by atoms with van der Waals surface area (Å²) in [5, 5.41) is 15.5. The molecule has 1 saturated carbocycles. The lowest BCUT2D eigenvalue weighted by Gasteiger charge is -2.04. The number of benzene rings is 1. The van der Waals surface area contributed by atoms with E-state index in [9.17, 15) is 9.59 Å². The van der Waals surface area contributed by atoms with Crippen LogP contribution in [0.3, 0.4) is 0 Å². The van der Waals surface area contributed by atoms with Crippen molar-refractivity contribution in [2.24, 2.45) is 0 Å². The molecular formula is C15H13N5O3S. The molecule has 0 saturated heterocycles. The van der Waals surface area contributed by atoms with E-state index in [2.05, 4.69) is 25.3 Å². The van der Waals surface area contributed by atoms with E-state index in [1.54, 1.807) is 28.8 Å². The molecule has 1 amide bonds. The van der Waals surface area contributed by atoms with Crippen molar-refractivity contribution in [1.82, 2.24) is 19.8 Å². The Morgan fingerprint density at radius 1 is 1.33 bits per heavy atom. The first-order valence-corrected chi connectivity index (χ1v) is 8.19. The third-order valence-corrected chi connectivity index (χ3v) is 4.59. The first kappa shape index (κ1) is 14.8. The Balaban J connectivity index is 1.57. The van der Waals surface area contributed by atoms with Crippen LogP contribution in [0.1, 0.15) is 44.7 Å². The highest BCUT2D eigenvalue weighted by Gasteiger charge is 2.30. The van der Waals surface area contributed by atoms with Crippen LogP contribution < -0.4 is 5.32 Å². The van der Waals surface area contributed by atoms with Crippen molar-refractivity contribution in [2.45, 2.75) is 18.8 Å². The third-order valence-electron chi connectivity index (χ3n) is 3.69. The van der Waals surface area contributed by atoms with E-state index in [1.807, 2.05) is 0 Å². The van der Waals surface area contributed by atoms with Crippen molar-refractivity contribution in [2.75, 3.05) is 12.4 Å². The van der Waals surface area contributed by atoms with Gasteiger partial charge in [0.15, 0.2) is 5.82 Å². The first-order valence-electron chi connectivity index (χ1n) is 7.37. The monoisotopic (exact) mass is 343 g/mol. The highest BCUT2D eigenvalue weighted by atomic mass is 32.1. The van der Waals surface area contributed by atoms with Crippen molar-refractivity contribution in [3.8, 4) is 0 Å². The summed E-state index contributed by atoms with van der Waals surface area (Å²) in [5.74, 6) is 0.399. The van der Waals surface area contributed by atoms with Gasteiger partial charge in [0.1, 0.15) is 0 Å². The molecule has 24 heavy (non-hydrogen) atoms. The Bertz CT molecular complexity index is 944. The summed E-state index contributed by atoms with van der Waals surface area (Å²) < 4.78 is 6.31. The second kappa shape index (κ2) is 5.68. The Labute approximate surface area is 140 Å². The number of ether oxygens (including phenoxy) is 1. The van der Waals surface area contributed by atoms with Gasteiger partial charge in [-0.05, 0) is 31.0 Å². The number of hydrogen-bond acceptors (Lipinski definition) is 7. The van der Waals surface area contributed by atoms with Crippen molar-refractivity contribution in [1.29, 1.82) is 0 Å². The minimum Gasteiger partial charge on any atom is -0.465 e. The van der Waals surface area contributed by atoms with Gasteiger partial charge in [-0.3, -0.25) is 4.79 Å². The zero-order valence-electron chi connectivity index (χ0n) is 12.7. The number of nitrogens with one attached hydrogen (secondary N) is 1. The maximum absolute atomic E-state index is 12.4. The minimum atomic E-state index is -0.459. The van der Waals surface area contributed by atoms with Crippen LogP contribution in [0.15, 0.2) is 24.3 Å². The lowest BCUT2D eigenvalue weighted by Crippen LogP contribution is -2.13. The highest BCUT2D eigenvalue weighted by Crippen LogP contribution is 2.39. The minimum absolute atomic E-state index is 0.297. The van der Waals surface area contributed by atoms with E-state index in [1.165, 1.54) is 18.4 Å². The first-order chi connectivity index (χ1) is 11.7. The number of amides is 1. The van der Waals surface area contributed by atoms with E-state index in [-0.39, 0.29) is 5.91 Å². The zero-order chi connectivity index (χ0) is 16.7. The Morgan fingerprint density at radius 2 is 2.17 bits per heavy atom. The molecule has 122 valence electrons. The highest BCUT2D eigenvalue weighted by molar-refractivity contribution is 7.18. The van der Waals surface area contributed by atoms with Crippen LogP contribution in [-0.2, 0) is 4.74 Å². The SMILES string of the molecule is COC(=O)c1cccc(NC(=O)c2nn3c(C4CC4)nnc3s2)c1. The molecule has 1 aromatic carbocycles. The zero-order valence-corrected chi connectivity index (χ0v) is 13.5. The summed E-state index contributed by atoms with van der Waals surface area (Å²) in [6.07, 6.45) is 2.17. The molecule has 8 nitrogen and oxygen atoms in total. The molecular weight excluding hydrogens is 330 g/mol. The average molecular weight is 343 g/mol. The van der Waals surface area contributed by atoms with Gasteiger partial charge in [0.25, 0.3) is 5.91 Å². The lowest BCUT2D eigenvalue weighted by atomic mass is 10.2. The second-order valence-electron chi connectivity index (χ2n) is 5.46. The summed E-state index contributed by atoms with van der Waals surface area (Å²) in [4.78, 5) is 24.5. The van der Waals surface area contributed by atoms with Crippen LogP contribution in [0.4, 0.5) is 5.69 Å². The predicted octanol–water partition coefficient (Wildman–Crippen LogP) is 2.10. The maximum Gasteiger partial charge on any atom is 0.337 e. The van der Waals surface area contributed by atoms with E-state index in [0.717, 1.165) is 18.7 Å². The van der Waals surface area contributed by atoms with Crippen molar-refractivity contribution >= 4 is 33.9 Å². The predicted molar refractivity (Wildman–Crippen MR) is 86.4 cm³/mol. The molecule has 0 atom stereocenters. The lowest BCUT2D eigenvalue weighted by molar-refractivity contribution is 0.0600. The largest absolute Gasteiger partial charge is 0.465 e. The molecule has 1 aliphatic rings. The van der Waals surface area contributed by atoms with Crippen LogP contribution in [0.5, 0.6) is 0 Å². The van der Waals surface area contributed by atoms with Gasteiger partial charge in [0.05, 0.1) is 12.7 Å². The molecule has 9 heteroatoms. The average Bonchev–Trinajstić information content (AvgIpc) is 3.21. The van der Waals surface area contributed by atoms with Gasteiger partial charge in [-0.25, -0.2) is 4.79 Å². The molecule has 4 rings (SSSR count). The number of hydrogen-bond donors (Lipinski definition) is 1. The summed E-state index contributed by atoms with van der Waals surface area (Å²) in [6.45, 7) is 0. The van der Waals surface area contributed by atoms with Crippen molar-refractivity contribution in [3.63, 3.8) is 0 Å². The number of rotatable bonds is 4. The van der Waals surface area contributed by atoms with Crippen LogP contribution in [-0.4, -0.2) is 38.8 Å². The number of carbonyl (C=O) groups is 2. The topological polar surface area (TPSA) is 98.5 Å². The van der Waals surface area contributed by atoms with Gasteiger partial charge >= 0.3 is 5.97 Å². The molecule has 2 heterocycles. The molecule has 3 aromatic rings. The van der Waals surface area contributed by atoms with Crippen LogP contribution in [0.25, 0.3) is 4.96 Å². The van der Waals surface area contributed by atoms with Gasteiger partial charge in [-0.2, -0.15) is 4.52 Å². The number of aromatic nitrogens is 4. The maximum atomic E-state index is 12.4. The fraction of sp³-hybridized carbons (Fsp3) is 0.267. The molecule has 1 N–H and O–H groups in total. The molecule has 1 aliphatic carbocycles. The molecule has 0 radical (unpaired) electrons. The molecule has 0 aliphatic heterocycles. The Kier molecular flexibility index (Phi) is 3.49. The number of anilines is 1. The Morgan fingerprint density at radius 3 is 2.92 bits per heavy atom. The van der Waals surface area contributed by atoms with Gasteiger partial charge in [-0.15, -0.1) is 15.3 Å². The van der Waals surface area contributed by atoms with E-state index in [4.69, 9.17) is 0 Å². The fourth-order valence-electron chi connectivity index (χ4n) is 2.35. The fourth-order valence-corrected chi connectivity index (χ4v) is 3.09. The van der Waals surface area contributed by atoms with E-state index >= 15 is 0 Å². The Hall–Kier alpha value is -2.81. The smallest absolute Gasteiger partial charge is 0.337 e. The molecule has 0 bridgehead atoms. The van der Waals surface area contributed by atoms with Gasteiger partial charge in [-0.1, -0.05) is 17.4 Å². The number of fused-ring (bicyclic) bond motifs is 1. The molecule has 1 fully saturated rings. The van der Waals surface area contributed by atoms with Crippen molar-refractivity contribution in [3.05, 3.63) is 40.7 Å². The third kappa shape index (κ3) is 2.62. The second-order valence-corrected chi connectivity index (χ2v) is 6.42. The number of methoxy groups -OCH3 is 1. The summed E-state index contributed by atoms with van der Waals surface area (Å²) in [5.41, 5.74) is 0.862. The van der Waals surface area contributed by atoms with Crippen LogP contribution in [0, 0.1) is 0 Å². The number of carbonyl (C=O) groups excluding carboxylic acids is 2. The summed E-state index contributed by atoms with van der Waals surface area (Å²) in [7, 11) is 1.31. The van der Waals surface area contributed by atoms with E-state index < -0.39 is 5.97 Å².